The minimum atomic E-state index is -1.09. The first kappa shape index (κ1) is 7.91. The van der Waals surface area contributed by atoms with E-state index in [4.69, 9.17) is 0 Å². The second-order valence-corrected chi connectivity index (χ2v) is 4.07. The smallest absolute Gasteiger partial charge is 0.229 e. The van der Waals surface area contributed by atoms with Gasteiger partial charge in [0.15, 0.2) is 0 Å². The zero-order valence-corrected chi connectivity index (χ0v) is 6.49. The van der Waals surface area contributed by atoms with Gasteiger partial charge < -0.3 is 5.11 Å². The summed E-state index contributed by atoms with van der Waals surface area (Å²) in [7, 11) is 0. The Morgan fingerprint density at radius 1 is 1.58 bits per heavy atom. The van der Waals surface area contributed by atoms with E-state index in [0.717, 1.165) is 0 Å². The number of rotatable bonds is 3. The predicted molar refractivity (Wildman–Crippen MR) is 38.0 cm³/mol. The zero-order valence-electron chi connectivity index (χ0n) is 6.49. The van der Waals surface area contributed by atoms with Gasteiger partial charge >= 0.3 is 0 Å². The SMILES string of the molecule is O=[N+]([O-])CC(O)C12CC(F)(C1)C2. The van der Waals surface area contributed by atoms with Gasteiger partial charge in [-0.25, -0.2) is 4.39 Å². The Morgan fingerprint density at radius 3 is 2.42 bits per heavy atom. The number of nitrogens with zero attached hydrogens (tertiary/aromatic N) is 1. The largest absolute Gasteiger partial charge is 0.386 e. The van der Waals surface area contributed by atoms with Crippen molar-refractivity contribution in [1.82, 2.24) is 0 Å². The number of nitro groups is 1. The summed E-state index contributed by atoms with van der Waals surface area (Å²) in [4.78, 5) is 9.50. The van der Waals surface area contributed by atoms with Crippen LogP contribution < -0.4 is 0 Å². The Morgan fingerprint density at radius 2 is 2.08 bits per heavy atom. The lowest BCUT2D eigenvalue weighted by atomic mass is 9.40. The Bertz CT molecular complexity index is 223. The average molecular weight is 175 g/mol. The Labute approximate surface area is 68.5 Å². The lowest BCUT2D eigenvalue weighted by molar-refractivity contribution is -0.501. The van der Waals surface area contributed by atoms with Gasteiger partial charge in [-0.05, 0) is 19.3 Å². The molecule has 4 nitrogen and oxygen atoms in total. The number of alkyl halides is 1. The van der Waals surface area contributed by atoms with Crippen LogP contribution >= 0.6 is 0 Å². The highest BCUT2D eigenvalue weighted by molar-refractivity contribution is 5.21. The third-order valence-electron chi connectivity index (χ3n) is 3.04. The van der Waals surface area contributed by atoms with Crippen LogP contribution in [0.1, 0.15) is 19.3 Å². The molecule has 12 heavy (non-hydrogen) atoms. The lowest BCUT2D eigenvalue weighted by Gasteiger charge is -2.66. The summed E-state index contributed by atoms with van der Waals surface area (Å²) in [6, 6.07) is 0. The topological polar surface area (TPSA) is 63.4 Å². The molecule has 0 aliphatic heterocycles. The van der Waals surface area contributed by atoms with Gasteiger partial charge in [-0.2, -0.15) is 0 Å². The van der Waals surface area contributed by atoms with Crippen molar-refractivity contribution in [2.45, 2.75) is 31.0 Å². The summed E-state index contributed by atoms with van der Waals surface area (Å²) in [5.74, 6) is 0. The third kappa shape index (κ3) is 0.857. The molecule has 3 fully saturated rings. The first-order valence-corrected chi connectivity index (χ1v) is 3.95. The van der Waals surface area contributed by atoms with Gasteiger partial charge in [0.1, 0.15) is 11.8 Å². The highest BCUT2D eigenvalue weighted by atomic mass is 19.1. The van der Waals surface area contributed by atoms with Crippen LogP contribution in [0.5, 0.6) is 0 Å². The number of aliphatic hydroxyl groups excluding tert-OH is 1. The van der Waals surface area contributed by atoms with Crippen molar-refractivity contribution >= 4 is 0 Å². The van der Waals surface area contributed by atoms with E-state index in [0.29, 0.717) is 19.3 Å². The monoisotopic (exact) mass is 175 g/mol. The van der Waals surface area contributed by atoms with E-state index in [1.54, 1.807) is 0 Å². The van der Waals surface area contributed by atoms with Gasteiger partial charge in [0.05, 0.1) is 0 Å². The molecular formula is C7H10FNO3. The Kier molecular flexibility index (Phi) is 1.29. The number of hydrogen-bond acceptors (Lipinski definition) is 3. The molecule has 0 amide bonds. The van der Waals surface area contributed by atoms with E-state index < -0.39 is 28.7 Å². The van der Waals surface area contributed by atoms with Crippen molar-refractivity contribution in [1.29, 1.82) is 0 Å². The molecule has 3 aliphatic rings. The summed E-state index contributed by atoms with van der Waals surface area (Å²) in [5, 5.41) is 19.4. The molecule has 0 radical (unpaired) electrons. The maximum Gasteiger partial charge on any atom is 0.229 e. The first-order chi connectivity index (χ1) is 5.46. The molecule has 0 saturated heterocycles. The molecule has 0 aromatic carbocycles. The van der Waals surface area contributed by atoms with E-state index in [-0.39, 0.29) is 0 Å². The third-order valence-corrected chi connectivity index (χ3v) is 3.04. The van der Waals surface area contributed by atoms with Crippen LogP contribution in [0.25, 0.3) is 0 Å². The molecule has 1 unspecified atom stereocenters. The number of halogens is 1. The van der Waals surface area contributed by atoms with Crippen LogP contribution in [0.2, 0.25) is 0 Å². The summed E-state index contributed by atoms with van der Waals surface area (Å²) < 4.78 is 12.9. The van der Waals surface area contributed by atoms with Crippen LogP contribution in [0.15, 0.2) is 0 Å². The molecule has 0 aromatic rings. The Hall–Kier alpha value is -0.710. The van der Waals surface area contributed by atoms with Crippen LogP contribution in [0.3, 0.4) is 0 Å². The van der Waals surface area contributed by atoms with Gasteiger partial charge in [0.25, 0.3) is 0 Å². The van der Waals surface area contributed by atoms with Gasteiger partial charge in [-0.1, -0.05) is 0 Å². The maximum atomic E-state index is 12.9. The second kappa shape index (κ2) is 1.96. The maximum absolute atomic E-state index is 12.9. The van der Waals surface area contributed by atoms with Crippen LogP contribution in [-0.2, 0) is 0 Å². The molecule has 2 bridgehead atoms. The summed E-state index contributed by atoms with van der Waals surface area (Å²) in [6.07, 6.45) is -0.0101. The van der Waals surface area contributed by atoms with Crippen LogP contribution in [0, 0.1) is 15.5 Å². The second-order valence-electron chi connectivity index (χ2n) is 4.07. The molecule has 1 atom stereocenters. The van der Waals surface area contributed by atoms with E-state index in [2.05, 4.69) is 0 Å². The minimum absolute atomic E-state index is 0.314. The quantitative estimate of drug-likeness (QED) is 0.502. The van der Waals surface area contributed by atoms with Crippen molar-refractivity contribution < 1.29 is 14.4 Å². The number of hydrogen-bond donors (Lipinski definition) is 1. The summed E-state index contributed by atoms with van der Waals surface area (Å²) >= 11 is 0. The molecule has 3 aliphatic carbocycles. The predicted octanol–water partition coefficient (Wildman–Crippen LogP) is 0.516. The Balaban J connectivity index is 1.91. The summed E-state index contributed by atoms with van der Waals surface area (Å²) in [6.45, 7) is -0.448. The fourth-order valence-corrected chi connectivity index (χ4v) is 2.43. The highest BCUT2D eigenvalue weighted by Gasteiger charge is 2.72. The van der Waals surface area contributed by atoms with Crippen molar-refractivity contribution in [2.24, 2.45) is 5.41 Å². The van der Waals surface area contributed by atoms with Gasteiger partial charge in [-0.3, -0.25) is 10.1 Å². The summed E-state index contributed by atoms with van der Waals surface area (Å²) in [5.41, 5.74) is -1.53. The van der Waals surface area contributed by atoms with Crippen molar-refractivity contribution in [3.05, 3.63) is 10.1 Å². The molecule has 68 valence electrons. The van der Waals surface area contributed by atoms with Gasteiger partial charge in [0, 0.05) is 10.3 Å². The van der Waals surface area contributed by atoms with Crippen molar-refractivity contribution in [3.63, 3.8) is 0 Å². The van der Waals surface area contributed by atoms with Crippen LogP contribution in [-0.4, -0.2) is 28.3 Å². The number of aliphatic hydroxyl groups is 1. The van der Waals surface area contributed by atoms with Crippen molar-refractivity contribution in [2.75, 3.05) is 6.54 Å². The molecule has 3 saturated carbocycles. The van der Waals surface area contributed by atoms with Crippen LogP contribution in [0.4, 0.5) is 4.39 Å². The minimum Gasteiger partial charge on any atom is -0.386 e. The molecule has 0 heterocycles. The molecule has 0 aromatic heterocycles. The van der Waals surface area contributed by atoms with E-state index in [1.165, 1.54) is 0 Å². The van der Waals surface area contributed by atoms with E-state index in [1.807, 2.05) is 0 Å². The lowest BCUT2D eigenvalue weighted by Crippen LogP contribution is -2.70. The molecule has 5 heteroatoms. The normalized spacial score (nSPS) is 45.8. The molecule has 3 rings (SSSR count). The average Bonchev–Trinajstić information content (AvgIpc) is 1.76. The standard InChI is InChI=1S/C7H10FNO3/c8-7-2-6(3-7,4-7)5(10)1-9(11)12/h5,10H,1-4H2. The van der Waals surface area contributed by atoms with Gasteiger partial charge in [0.2, 0.25) is 6.54 Å². The molecule has 1 N–H and O–H groups in total. The van der Waals surface area contributed by atoms with E-state index >= 15 is 0 Å². The highest BCUT2D eigenvalue weighted by Crippen LogP contribution is 2.70. The van der Waals surface area contributed by atoms with E-state index in [9.17, 15) is 19.6 Å². The molecule has 0 spiro atoms. The fourth-order valence-electron chi connectivity index (χ4n) is 2.43. The molecular weight excluding hydrogens is 165 g/mol. The fraction of sp³-hybridized carbons (Fsp3) is 1.00. The van der Waals surface area contributed by atoms with Gasteiger partial charge in [-0.15, -0.1) is 0 Å². The van der Waals surface area contributed by atoms with Crippen molar-refractivity contribution in [3.8, 4) is 0 Å². The first-order valence-electron chi connectivity index (χ1n) is 3.95. The zero-order chi connectivity index (χ0) is 8.98.